The molecule has 0 saturated heterocycles. The molecule has 2 aromatic rings. The molecule has 94 valence electrons. The van der Waals surface area contributed by atoms with E-state index in [4.69, 9.17) is 11.6 Å². The molecule has 0 unspecified atom stereocenters. The van der Waals surface area contributed by atoms with Gasteiger partial charge < -0.3 is 5.32 Å². The molecule has 18 heavy (non-hydrogen) atoms. The second-order valence-corrected chi connectivity index (χ2v) is 4.13. The van der Waals surface area contributed by atoms with Crippen molar-refractivity contribution in [1.29, 1.82) is 0 Å². The van der Waals surface area contributed by atoms with E-state index in [1.54, 1.807) is 16.9 Å². The van der Waals surface area contributed by atoms with Gasteiger partial charge in [-0.1, -0.05) is 11.6 Å². The first-order chi connectivity index (χ1) is 8.58. The van der Waals surface area contributed by atoms with Gasteiger partial charge in [-0.15, -0.1) is 0 Å². The van der Waals surface area contributed by atoms with Crippen LogP contribution in [0.4, 0.5) is 11.4 Å². The van der Waals surface area contributed by atoms with Gasteiger partial charge in [0.2, 0.25) is 0 Å². The molecule has 0 aliphatic heterocycles. The van der Waals surface area contributed by atoms with E-state index in [2.05, 4.69) is 10.4 Å². The second kappa shape index (κ2) is 5.05. The van der Waals surface area contributed by atoms with Crippen LogP contribution in [0.15, 0.2) is 30.5 Å². The largest absolute Gasteiger partial charge is 0.379 e. The van der Waals surface area contributed by atoms with E-state index in [1.165, 1.54) is 12.1 Å². The monoisotopic (exact) mass is 266 g/mol. The quantitative estimate of drug-likeness (QED) is 0.682. The summed E-state index contributed by atoms with van der Waals surface area (Å²) in [5, 5.41) is 17.9. The summed E-state index contributed by atoms with van der Waals surface area (Å²) in [7, 11) is 1.85. The Hall–Kier alpha value is -2.08. The number of nitro groups is 1. The summed E-state index contributed by atoms with van der Waals surface area (Å²) in [4.78, 5) is 10.1. The molecule has 7 heteroatoms. The minimum Gasteiger partial charge on any atom is -0.379 e. The minimum atomic E-state index is -0.507. The Labute approximate surface area is 108 Å². The number of nitrogens with zero attached hydrogens (tertiary/aromatic N) is 3. The van der Waals surface area contributed by atoms with Gasteiger partial charge in [0.1, 0.15) is 5.02 Å². The highest BCUT2D eigenvalue weighted by atomic mass is 35.5. The maximum Gasteiger partial charge on any atom is 0.288 e. The fourth-order valence-corrected chi connectivity index (χ4v) is 1.78. The summed E-state index contributed by atoms with van der Waals surface area (Å²) < 4.78 is 1.75. The van der Waals surface area contributed by atoms with Gasteiger partial charge in [0.15, 0.2) is 0 Å². The van der Waals surface area contributed by atoms with Crippen LogP contribution in [0.2, 0.25) is 5.02 Å². The zero-order valence-electron chi connectivity index (χ0n) is 9.63. The van der Waals surface area contributed by atoms with Crippen LogP contribution >= 0.6 is 11.6 Å². The highest BCUT2D eigenvalue weighted by Crippen LogP contribution is 2.27. The molecule has 0 saturated carbocycles. The summed E-state index contributed by atoms with van der Waals surface area (Å²) in [6, 6.07) is 6.43. The molecule has 0 radical (unpaired) electrons. The maximum atomic E-state index is 10.6. The van der Waals surface area contributed by atoms with Crippen molar-refractivity contribution < 1.29 is 4.92 Å². The van der Waals surface area contributed by atoms with Gasteiger partial charge in [-0.25, -0.2) is 0 Å². The van der Waals surface area contributed by atoms with Gasteiger partial charge in [0.25, 0.3) is 5.69 Å². The van der Waals surface area contributed by atoms with Crippen LogP contribution in [-0.4, -0.2) is 14.7 Å². The van der Waals surface area contributed by atoms with Crippen LogP contribution in [-0.2, 0) is 13.6 Å². The van der Waals surface area contributed by atoms with Crippen LogP contribution in [0.1, 0.15) is 5.69 Å². The molecular weight excluding hydrogens is 256 g/mol. The highest BCUT2D eigenvalue weighted by Gasteiger charge is 2.11. The molecule has 1 aromatic heterocycles. The normalized spacial score (nSPS) is 10.3. The molecule has 0 aliphatic rings. The maximum absolute atomic E-state index is 10.6. The number of halogens is 1. The van der Waals surface area contributed by atoms with Gasteiger partial charge in [-0.2, -0.15) is 5.10 Å². The predicted molar refractivity (Wildman–Crippen MR) is 68.6 cm³/mol. The zero-order chi connectivity index (χ0) is 13.1. The molecule has 0 amide bonds. The first-order valence-corrected chi connectivity index (χ1v) is 5.60. The van der Waals surface area contributed by atoms with Crippen molar-refractivity contribution in [3.63, 3.8) is 0 Å². The third kappa shape index (κ3) is 2.60. The average Bonchev–Trinajstić information content (AvgIpc) is 2.72. The Kier molecular flexibility index (Phi) is 3.47. The number of aryl methyl sites for hydroxylation is 1. The molecule has 0 fully saturated rings. The molecule has 2 rings (SSSR count). The number of nitro benzene ring substituents is 1. The van der Waals surface area contributed by atoms with Gasteiger partial charge in [0, 0.05) is 25.0 Å². The topological polar surface area (TPSA) is 73.0 Å². The first kappa shape index (κ1) is 12.4. The summed E-state index contributed by atoms with van der Waals surface area (Å²) >= 11 is 5.82. The van der Waals surface area contributed by atoms with E-state index < -0.39 is 4.92 Å². The van der Waals surface area contributed by atoms with Gasteiger partial charge in [0.05, 0.1) is 17.2 Å². The second-order valence-electron chi connectivity index (χ2n) is 3.72. The minimum absolute atomic E-state index is 0.0947. The zero-order valence-corrected chi connectivity index (χ0v) is 10.4. The van der Waals surface area contributed by atoms with Crippen molar-refractivity contribution >= 4 is 23.0 Å². The fourth-order valence-electron chi connectivity index (χ4n) is 1.53. The van der Waals surface area contributed by atoms with Crippen LogP contribution in [0.25, 0.3) is 0 Å². The smallest absolute Gasteiger partial charge is 0.288 e. The first-order valence-electron chi connectivity index (χ1n) is 5.22. The Morgan fingerprint density at radius 3 is 2.83 bits per heavy atom. The van der Waals surface area contributed by atoms with Crippen molar-refractivity contribution in [2.45, 2.75) is 6.54 Å². The molecule has 0 bridgehead atoms. The molecule has 0 spiro atoms. The van der Waals surface area contributed by atoms with Gasteiger partial charge in [-0.05, 0) is 18.2 Å². The summed E-state index contributed by atoms with van der Waals surface area (Å²) in [5.41, 5.74) is 1.64. The highest BCUT2D eigenvalue weighted by molar-refractivity contribution is 6.32. The van der Waals surface area contributed by atoms with E-state index in [0.29, 0.717) is 6.54 Å². The molecule has 6 nitrogen and oxygen atoms in total. The molecule has 1 N–H and O–H groups in total. The number of anilines is 1. The van der Waals surface area contributed by atoms with Crippen LogP contribution in [0.5, 0.6) is 0 Å². The molecule has 0 atom stereocenters. The van der Waals surface area contributed by atoms with Crippen molar-refractivity contribution in [2.24, 2.45) is 7.05 Å². The number of hydrogen-bond acceptors (Lipinski definition) is 4. The van der Waals surface area contributed by atoms with E-state index >= 15 is 0 Å². The Bertz CT molecular complexity index is 582. The van der Waals surface area contributed by atoms with E-state index in [1.807, 2.05) is 13.1 Å². The standard InChI is InChI=1S/C11H11ClN4O2/c1-15-9(4-5-14-15)7-13-8-2-3-11(16(17)18)10(12)6-8/h2-6,13H,7H2,1H3. The third-order valence-electron chi connectivity index (χ3n) is 2.54. The van der Waals surface area contributed by atoms with E-state index in [-0.39, 0.29) is 10.7 Å². The number of benzene rings is 1. The van der Waals surface area contributed by atoms with E-state index in [0.717, 1.165) is 11.4 Å². The number of aromatic nitrogens is 2. The molecule has 0 aliphatic carbocycles. The summed E-state index contributed by atoms with van der Waals surface area (Å²) in [5.74, 6) is 0. The van der Waals surface area contributed by atoms with Gasteiger partial charge >= 0.3 is 0 Å². The van der Waals surface area contributed by atoms with Crippen LogP contribution in [0.3, 0.4) is 0 Å². The van der Waals surface area contributed by atoms with Gasteiger partial charge in [-0.3, -0.25) is 14.8 Å². The van der Waals surface area contributed by atoms with E-state index in [9.17, 15) is 10.1 Å². The summed E-state index contributed by atoms with van der Waals surface area (Å²) in [6.45, 7) is 0.574. The van der Waals surface area contributed by atoms with Crippen LogP contribution in [0, 0.1) is 10.1 Å². The Morgan fingerprint density at radius 1 is 1.50 bits per heavy atom. The van der Waals surface area contributed by atoms with Crippen molar-refractivity contribution in [1.82, 2.24) is 9.78 Å². The molecular formula is C11H11ClN4O2. The predicted octanol–water partition coefficient (Wildman–Crippen LogP) is 2.59. The molecule has 1 heterocycles. The van der Waals surface area contributed by atoms with Crippen molar-refractivity contribution in [2.75, 3.05) is 5.32 Å². The lowest BCUT2D eigenvalue weighted by molar-refractivity contribution is -0.384. The fraction of sp³-hybridized carbons (Fsp3) is 0.182. The molecule has 1 aromatic carbocycles. The number of rotatable bonds is 4. The lowest BCUT2D eigenvalue weighted by Crippen LogP contribution is -2.05. The van der Waals surface area contributed by atoms with Crippen molar-refractivity contribution in [3.8, 4) is 0 Å². The van der Waals surface area contributed by atoms with Crippen LogP contribution < -0.4 is 5.32 Å². The van der Waals surface area contributed by atoms with Crippen molar-refractivity contribution in [3.05, 3.63) is 51.3 Å². The number of hydrogen-bond donors (Lipinski definition) is 1. The number of nitrogens with one attached hydrogen (secondary N) is 1. The SMILES string of the molecule is Cn1nccc1CNc1ccc([N+](=O)[O-])c(Cl)c1. The average molecular weight is 267 g/mol. The third-order valence-corrected chi connectivity index (χ3v) is 2.84. The summed E-state index contributed by atoms with van der Waals surface area (Å²) in [6.07, 6.45) is 1.71. The lowest BCUT2D eigenvalue weighted by atomic mass is 10.2. The Balaban J connectivity index is 2.09. The Morgan fingerprint density at radius 2 is 2.28 bits per heavy atom. The lowest BCUT2D eigenvalue weighted by Gasteiger charge is -2.07.